The summed E-state index contributed by atoms with van der Waals surface area (Å²) in [5.74, 6) is -4.57. The summed E-state index contributed by atoms with van der Waals surface area (Å²) in [5, 5.41) is 0. The zero-order chi connectivity index (χ0) is 30.6. The lowest BCUT2D eigenvalue weighted by molar-refractivity contribution is -0.140. The maximum atomic E-state index is 14.6. The molecule has 0 aromatic heterocycles. The fourth-order valence-corrected chi connectivity index (χ4v) is 7.91. The van der Waals surface area contributed by atoms with Crippen LogP contribution in [0.4, 0.5) is 11.4 Å². The fraction of sp³-hybridized carbons (Fsp3) is 0.333. The second kappa shape index (κ2) is 10.8. The number of benzene rings is 3. The Bertz CT molecular complexity index is 1590. The molecule has 4 amide bonds. The van der Waals surface area contributed by atoms with E-state index in [-0.39, 0.29) is 23.6 Å². The molecule has 1 saturated carbocycles. The van der Waals surface area contributed by atoms with Crippen molar-refractivity contribution >= 4 is 35.0 Å². The van der Waals surface area contributed by atoms with Crippen molar-refractivity contribution in [3.05, 3.63) is 96.6 Å². The van der Waals surface area contributed by atoms with Crippen LogP contribution in [-0.4, -0.2) is 36.8 Å². The zero-order valence-corrected chi connectivity index (χ0v) is 24.7. The van der Waals surface area contributed by atoms with Crippen molar-refractivity contribution in [3.8, 4) is 11.5 Å². The summed E-state index contributed by atoms with van der Waals surface area (Å²) >= 11 is 0. The molecule has 2 aliphatic heterocycles. The van der Waals surface area contributed by atoms with Gasteiger partial charge in [-0.2, -0.15) is 0 Å². The van der Waals surface area contributed by atoms with Gasteiger partial charge in [0, 0.05) is 11.3 Å². The maximum Gasteiger partial charge on any atom is 0.239 e. The van der Waals surface area contributed by atoms with E-state index in [1.807, 2.05) is 68.5 Å². The molecule has 2 saturated heterocycles. The van der Waals surface area contributed by atoms with E-state index in [9.17, 15) is 19.2 Å². The quantitative estimate of drug-likeness (QED) is 0.248. The highest BCUT2D eigenvalue weighted by atomic mass is 16.5. The summed E-state index contributed by atoms with van der Waals surface area (Å²) in [6.45, 7) is 4.84. The van der Waals surface area contributed by atoms with Crippen molar-refractivity contribution in [1.29, 1.82) is 0 Å². The molecule has 3 fully saturated rings. The molecule has 2 bridgehead atoms. The first-order chi connectivity index (χ1) is 21.5. The Morgan fingerprint density at radius 3 is 1.55 bits per heavy atom. The highest BCUT2D eigenvalue weighted by Gasteiger charge is 2.75. The summed E-state index contributed by atoms with van der Waals surface area (Å²) in [7, 11) is 0. The molecule has 0 radical (unpaired) electrons. The number of imide groups is 2. The van der Waals surface area contributed by atoms with Crippen molar-refractivity contribution < 1.29 is 28.7 Å². The lowest BCUT2D eigenvalue weighted by Gasteiger charge is -2.53. The van der Waals surface area contributed by atoms with Gasteiger partial charge < -0.3 is 9.47 Å². The minimum Gasteiger partial charge on any atom is -0.491 e. The lowest BCUT2D eigenvalue weighted by atomic mass is 9.45. The maximum absolute atomic E-state index is 14.6. The average Bonchev–Trinajstić information content (AvgIpc) is 3.50. The Hall–Kier alpha value is -4.72. The second-order valence-electron chi connectivity index (χ2n) is 11.9. The van der Waals surface area contributed by atoms with E-state index >= 15 is 0 Å². The SMILES string of the molecule is CCCOc1ccccc1N1C(=O)[C@@H]2[C@@H](C1=O)C1C=CC2(c2ccccc2)[C@H]2C(=O)N(c3ccccc3OCCC)C(=O)[C@H]12. The molecule has 224 valence electrons. The minimum atomic E-state index is -1.20. The van der Waals surface area contributed by atoms with Crippen LogP contribution in [0, 0.1) is 29.6 Å². The van der Waals surface area contributed by atoms with Gasteiger partial charge in [-0.3, -0.25) is 19.2 Å². The van der Waals surface area contributed by atoms with Crippen LogP contribution < -0.4 is 19.3 Å². The van der Waals surface area contributed by atoms with Crippen LogP contribution in [0.15, 0.2) is 91.0 Å². The molecule has 3 aromatic carbocycles. The van der Waals surface area contributed by atoms with E-state index in [1.165, 1.54) is 9.80 Å². The molecule has 8 nitrogen and oxygen atoms in total. The number of hydrogen-bond donors (Lipinski definition) is 0. The molecule has 0 N–H and O–H groups in total. The van der Waals surface area contributed by atoms with E-state index in [0.717, 1.165) is 18.4 Å². The number of rotatable bonds is 9. The number of ether oxygens (including phenoxy) is 2. The van der Waals surface area contributed by atoms with Gasteiger partial charge in [0.05, 0.1) is 48.3 Å². The normalized spacial score (nSPS) is 28.5. The number of hydrogen-bond acceptors (Lipinski definition) is 6. The predicted octanol–water partition coefficient (Wildman–Crippen LogP) is 5.31. The number of amides is 4. The van der Waals surface area contributed by atoms with Crippen LogP contribution in [0.3, 0.4) is 0 Å². The van der Waals surface area contributed by atoms with Crippen LogP contribution in [-0.2, 0) is 24.6 Å². The Kier molecular flexibility index (Phi) is 6.87. The summed E-state index contributed by atoms with van der Waals surface area (Å²) in [6.07, 6.45) is 5.36. The lowest BCUT2D eigenvalue weighted by Crippen LogP contribution is -2.60. The Morgan fingerprint density at radius 2 is 1.07 bits per heavy atom. The van der Waals surface area contributed by atoms with Crippen molar-refractivity contribution in [3.63, 3.8) is 0 Å². The summed E-state index contributed by atoms with van der Waals surface area (Å²) < 4.78 is 11.9. The molecule has 2 unspecified atom stereocenters. The third-order valence-electron chi connectivity index (χ3n) is 9.56. The van der Waals surface area contributed by atoms with Gasteiger partial charge in [-0.05, 0) is 42.7 Å². The van der Waals surface area contributed by atoms with Crippen LogP contribution in [0.25, 0.3) is 0 Å². The summed E-state index contributed by atoms with van der Waals surface area (Å²) in [5.41, 5.74) is 0.308. The zero-order valence-electron chi connectivity index (χ0n) is 24.7. The Labute approximate surface area is 256 Å². The minimum absolute atomic E-state index is 0.369. The predicted molar refractivity (Wildman–Crippen MR) is 164 cm³/mol. The fourth-order valence-electron chi connectivity index (χ4n) is 7.91. The Morgan fingerprint density at radius 1 is 0.614 bits per heavy atom. The van der Waals surface area contributed by atoms with Gasteiger partial charge in [-0.1, -0.05) is 80.6 Å². The molecule has 2 heterocycles. The number of allylic oxidation sites excluding steroid dienone is 2. The van der Waals surface area contributed by atoms with Crippen molar-refractivity contribution in [1.82, 2.24) is 0 Å². The van der Waals surface area contributed by atoms with E-state index in [0.29, 0.717) is 36.1 Å². The van der Waals surface area contributed by atoms with Gasteiger partial charge in [0.1, 0.15) is 11.5 Å². The number of nitrogens with zero attached hydrogens (tertiary/aromatic N) is 2. The van der Waals surface area contributed by atoms with E-state index in [4.69, 9.17) is 9.47 Å². The molecule has 6 atom stereocenters. The molecule has 8 rings (SSSR count). The molecular weight excluding hydrogens is 556 g/mol. The van der Waals surface area contributed by atoms with Crippen LogP contribution in [0.2, 0.25) is 0 Å². The van der Waals surface area contributed by atoms with E-state index in [2.05, 4.69) is 0 Å². The first kappa shape index (κ1) is 28.1. The number of carbonyl (C=O) groups is 4. The molecule has 5 aliphatic rings. The summed E-state index contributed by atoms with van der Waals surface area (Å²) in [6, 6.07) is 23.5. The first-order valence-electron chi connectivity index (χ1n) is 15.4. The molecule has 8 heteroatoms. The largest absolute Gasteiger partial charge is 0.491 e. The van der Waals surface area contributed by atoms with Crippen molar-refractivity contribution in [2.24, 2.45) is 29.6 Å². The smallest absolute Gasteiger partial charge is 0.239 e. The first-order valence-corrected chi connectivity index (χ1v) is 15.4. The highest BCUT2D eigenvalue weighted by molar-refractivity contribution is 6.27. The molecule has 3 aliphatic carbocycles. The van der Waals surface area contributed by atoms with Gasteiger partial charge in [-0.25, -0.2) is 9.80 Å². The van der Waals surface area contributed by atoms with E-state index in [1.54, 1.807) is 36.4 Å². The standard InChI is InChI=1S/C36H34N2O6/c1-3-20-43-26-16-10-8-14-24(26)37-32(39)28-23-18-19-36(30(28)34(37)41,22-12-6-5-7-13-22)31-29(23)33(40)38(35(31)42)25-15-9-11-17-27(25)44-21-4-2/h5-19,23,28-31H,3-4,20-21H2,1-2H3/t23?,28-,29+,30-,31+,36?. The Balaban J connectivity index is 1.38. The summed E-state index contributed by atoms with van der Waals surface area (Å²) in [4.78, 5) is 60.6. The van der Waals surface area contributed by atoms with Crippen molar-refractivity contribution in [2.75, 3.05) is 23.0 Å². The van der Waals surface area contributed by atoms with Crippen molar-refractivity contribution in [2.45, 2.75) is 32.1 Å². The van der Waals surface area contributed by atoms with Crippen LogP contribution >= 0.6 is 0 Å². The second-order valence-corrected chi connectivity index (χ2v) is 11.9. The van der Waals surface area contributed by atoms with Gasteiger partial charge in [0.15, 0.2) is 0 Å². The van der Waals surface area contributed by atoms with Gasteiger partial charge >= 0.3 is 0 Å². The number of para-hydroxylation sites is 4. The van der Waals surface area contributed by atoms with Gasteiger partial charge in [0.2, 0.25) is 23.6 Å². The van der Waals surface area contributed by atoms with Gasteiger partial charge in [0.25, 0.3) is 0 Å². The van der Waals surface area contributed by atoms with E-state index < -0.39 is 35.0 Å². The molecule has 3 aromatic rings. The highest BCUT2D eigenvalue weighted by Crippen LogP contribution is 2.65. The van der Waals surface area contributed by atoms with Crippen LogP contribution in [0.1, 0.15) is 32.3 Å². The third-order valence-corrected chi connectivity index (χ3v) is 9.56. The number of carbonyl (C=O) groups excluding carboxylic acids is 4. The van der Waals surface area contributed by atoms with Crippen LogP contribution in [0.5, 0.6) is 11.5 Å². The van der Waals surface area contributed by atoms with Gasteiger partial charge in [-0.15, -0.1) is 0 Å². The topological polar surface area (TPSA) is 93.2 Å². The molecule has 0 spiro atoms. The molecule has 44 heavy (non-hydrogen) atoms. The third kappa shape index (κ3) is 3.82. The molecular formula is C36H34N2O6. The number of anilines is 2. The average molecular weight is 591 g/mol. The monoisotopic (exact) mass is 590 g/mol.